The lowest BCUT2D eigenvalue weighted by molar-refractivity contribution is 0.0605. The summed E-state index contributed by atoms with van der Waals surface area (Å²) in [5, 5.41) is 15.0. The standard InChI is InChI=1S/C18H17N3O5S2/c1-9-12(8-19)16(28-14(9)17(23)26-4)21-18(27)20-15(22)11-6-5-10(24-2)7-13(11)25-3/h5-7H,1-4H3,(H2,20,21,22,27). The van der Waals surface area contributed by atoms with E-state index in [-0.39, 0.29) is 21.1 Å². The van der Waals surface area contributed by atoms with E-state index in [4.69, 9.17) is 26.4 Å². The van der Waals surface area contributed by atoms with Crippen molar-refractivity contribution in [3.63, 3.8) is 0 Å². The number of rotatable bonds is 5. The average Bonchev–Trinajstić information content (AvgIpc) is 3.01. The third kappa shape index (κ3) is 4.39. The van der Waals surface area contributed by atoms with Crippen LogP contribution < -0.4 is 20.1 Å². The largest absolute Gasteiger partial charge is 0.497 e. The third-order valence-electron chi connectivity index (χ3n) is 3.74. The molecule has 0 bridgehead atoms. The molecule has 2 rings (SSSR count). The van der Waals surface area contributed by atoms with Crippen molar-refractivity contribution >= 4 is 45.5 Å². The Morgan fingerprint density at radius 1 is 1.21 bits per heavy atom. The molecule has 0 radical (unpaired) electrons. The second-order valence-electron chi connectivity index (χ2n) is 5.34. The van der Waals surface area contributed by atoms with E-state index in [9.17, 15) is 14.9 Å². The number of amides is 1. The molecule has 2 aromatic rings. The van der Waals surface area contributed by atoms with Crippen LogP contribution in [0, 0.1) is 18.3 Å². The fourth-order valence-corrected chi connectivity index (χ4v) is 3.65. The number of methoxy groups -OCH3 is 3. The van der Waals surface area contributed by atoms with E-state index >= 15 is 0 Å². The fourth-order valence-electron chi connectivity index (χ4n) is 2.31. The number of carbonyl (C=O) groups excluding carboxylic acids is 2. The van der Waals surface area contributed by atoms with Gasteiger partial charge in [0, 0.05) is 6.07 Å². The Labute approximate surface area is 171 Å². The fraction of sp³-hybridized carbons (Fsp3) is 0.222. The van der Waals surface area contributed by atoms with E-state index in [1.165, 1.54) is 21.3 Å². The average molecular weight is 419 g/mol. The topological polar surface area (TPSA) is 110 Å². The Morgan fingerprint density at radius 3 is 2.50 bits per heavy atom. The Bertz CT molecular complexity index is 978. The number of nitrogens with one attached hydrogen (secondary N) is 2. The van der Waals surface area contributed by atoms with Gasteiger partial charge in [-0.2, -0.15) is 5.26 Å². The van der Waals surface area contributed by atoms with Crippen LogP contribution in [0.1, 0.15) is 31.2 Å². The molecule has 1 aromatic heterocycles. The smallest absolute Gasteiger partial charge is 0.348 e. The Kier molecular flexibility index (Phi) is 6.92. The maximum atomic E-state index is 12.5. The second kappa shape index (κ2) is 9.16. The van der Waals surface area contributed by atoms with Crippen LogP contribution >= 0.6 is 23.6 Å². The lowest BCUT2D eigenvalue weighted by Gasteiger charge is -2.12. The normalized spacial score (nSPS) is 9.82. The van der Waals surface area contributed by atoms with Crippen molar-refractivity contribution in [1.82, 2.24) is 5.32 Å². The van der Waals surface area contributed by atoms with Gasteiger partial charge in [-0.1, -0.05) is 0 Å². The zero-order valence-electron chi connectivity index (χ0n) is 15.5. The molecule has 2 N–H and O–H groups in total. The third-order valence-corrected chi connectivity index (χ3v) is 5.13. The molecule has 1 heterocycles. The number of esters is 1. The van der Waals surface area contributed by atoms with Crippen LogP contribution in [0.4, 0.5) is 5.00 Å². The van der Waals surface area contributed by atoms with Crippen molar-refractivity contribution in [1.29, 1.82) is 5.26 Å². The molecule has 0 atom stereocenters. The number of anilines is 1. The van der Waals surface area contributed by atoms with Crippen molar-refractivity contribution in [2.24, 2.45) is 0 Å². The monoisotopic (exact) mass is 419 g/mol. The molecular weight excluding hydrogens is 402 g/mol. The van der Waals surface area contributed by atoms with E-state index in [0.717, 1.165) is 11.3 Å². The van der Waals surface area contributed by atoms with Crippen LogP contribution in [0.5, 0.6) is 11.5 Å². The summed E-state index contributed by atoms with van der Waals surface area (Å²) < 4.78 is 15.0. The van der Waals surface area contributed by atoms with Gasteiger partial charge < -0.3 is 19.5 Å². The number of carbonyl (C=O) groups is 2. The minimum absolute atomic E-state index is 0.0305. The van der Waals surface area contributed by atoms with Crippen LogP contribution in [0.3, 0.4) is 0 Å². The maximum Gasteiger partial charge on any atom is 0.348 e. The number of hydrogen-bond donors (Lipinski definition) is 2. The van der Waals surface area contributed by atoms with E-state index in [0.29, 0.717) is 22.1 Å². The van der Waals surface area contributed by atoms with Gasteiger partial charge in [-0.3, -0.25) is 10.1 Å². The quantitative estimate of drug-likeness (QED) is 0.562. The van der Waals surface area contributed by atoms with Crippen LogP contribution in [0.15, 0.2) is 18.2 Å². The maximum absolute atomic E-state index is 12.5. The molecule has 1 aromatic carbocycles. The van der Waals surface area contributed by atoms with Gasteiger partial charge in [0.2, 0.25) is 0 Å². The SMILES string of the molecule is COC(=O)c1sc(NC(=S)NC(=O)c2ccc(OC)cc2OC)c(C#N)c1C. The highest BCUT2D eigenvalue weighted by Gasteiger charge is 2.22. The van der Waals surface area contributed by atoms with Crippen molar-refractivity contribution in [3.8, 4) is 17.6 Å². The first kappa shape index (κ1) is 21.1. The lowest BCUT2D eigenvalue weighted by Crippen LogP contribution is -2.34. The van der Waals surface area contributed by atoms with Crippen LogP contribution in [0.25, 0.3) is 0 Å². The Morgan fingerprint density at radius 2 is 1.93 bits per heavy atom. The summed E-state index contributed by atoms with van der Waals surface area (Å²) in [6, 6.07) is 6.75. The minimum Gasteiger partial charge on any atom is -0.497 e. The molecule has 146 valence electrons. The van der Waals surface area contributed by atoms with Gasteiger partial charge in [-0.25, -0.2) is 4.79 Å². The molecule has 28 heavy (non-hydrogen) atoms. The summed E-state index contributed by atoms with van der Waals surface area (Å²) in [7, 11) is 4.20. The molecule has 0 unspecified atom stereocenters. The molecule has 0 aliphatic carbocycles. The van der Waals surface area contributed by atoms with Gasteiger partial charge in [0.25, 0.3) is 5.91 Å². The highest BCUT2D eigenvalue weighted by Crippen LogP contribution is 2.33. The summed E-state index contributed by atoms with van der Waals surface area (Å²) >= 11 is 6.19. The number of nitriles is 1. The zero-order valence-corrected chi connectivity index (χ0v) is 17.2. The van der Waals surface area contributed by atoms with Crippen LogP contribution in [-0.4, -0.2) is 38.3 Å². The van der Waals surface area contributed by atoms with Gasteiger partial charge >= 0.3 is 5.97 Å². The van der Waals surface area contributed by atoms with Gasteiger partial charge in [0.15, 0.2) is 5.11 Å². The van der Waals surface area contributed by atoms with E-state index < -0.39 is 11.9 Å². The molecule has 10 heteroatoms. The number of thiophene rings is 1. The van der Waals surface area contributed by atoms with Gasteiger partial charge in [0.05, 0.1) is 32.5 Å². The van der Waals surface area contributed by atoms with Crippen molar-refractivity contribution < 1.29 is 23.8 Å². The van der Waals surface area contributed by atoms with Crippen molar-refractivity contribution in [2.45, 2.75) is 6.92 Å². The summed E-state index contributed by atoms with van der Waals surface area (Å²) in [5.41, 5.74) is 0.988. The van der Waals surface area contributed by atoms with Crippen molar-refractivity contribution in [3.05, 3.63) is 39.8 Å². The predicted octanol–water partition coefficient (Wildman–Crippen LogP) is 2.86. The first-order valence-electron chi connectivity index (χ1n) is 7.82. The molecular formula is C18H17N3O5S2. The molecule has 0 saturated carbocycles. The van der Waals surface area contributed by atoms with Gasteiger partial charge in [-0.15, -0.1) is 11.3 Å². The highest BCUT2D eigenvalue weighted by atomic mass is 32.1. The molecule has 0 aliphatic rings. The minimum atomic E-state index is -0.551. The van der Waals surface area contributed by atoms with Gasteiger partial charge in [-0.05, 0) is 36.8 Å². The summed E-state index contributed by atoms with van der Waals surface area (Å²) in [4.78, 5) is 24.6. The van der Waals surface area contributed by atoms with E-state index in [1.54, 1.807) is 25.1 Å². The van der Waals surface area contributed by atoms with Crippen molar-refractivity contribution in [2.75, 3.05) is 26.6 Å². The second-order valence-corrected chi connectivity index (χ2v) is 6.77. The molecule has 0 spiro atoms. The summed E-state index contributed by atoms with van der Waals surface area (Å²) in [6.45, 7) is 1.64. The number of nitrogens with zero attached hydrogens (tertiary/aromatic N) is 1. The number of hydrogen-bond acceptors (Lipinski definition) is 8. The highest BCUT2D eigenvalue weighted by molar-refractivity contribution is 7.80. The summed E-state index contributed by atoms with van der Waals surface area (Å²) in [5.74, 6) is -0.198. The number of thiocarbonyl (C=S) groups is 1. The zero-order chi connectivity index (χ0) is 20.8. The van der Waals surface area contributed by atoms with Gasteiger partial charge in [0.1, 0.15) is 27.4 Å². The number of ether oxygens (including phenoxy) is 3. The molecule has 0 fully saturated rings. The predicted molar refractivity (Wildman–Crippen MR) is 108 cm³/mol. The molecule has 8 nitrogen and oxygen atoms in total. The molecule has 1 amide bonds. The molecule has 0 aliphatic heterocycles. The van der Waals surface area contributed by atoms with Crippen LogP contribution in [-0.2, 0) is 4.74 Å². The van der Waals surface area contributed by atoms with E-state index in [1.807, 2.05) is 6.07 Å². The van der Waals surface area contributed by atoms with Crippen LogP contribution in [0.2, 0.25) is 0 Å². The Hall–Kier alpha value is -3.16. The lowest BCUT2D eigenvalue weighted by atomic mass is 10.1. The summed E-state index contributed by atoms with van der Waals surface area (Å²) in [6.07, 6.45) is 0. The molecule has 0 saturated heterocycles. The Balaban J connectivity index is 2.20. The first-order valence-corrected chi connectivity index (χ1v) is 9.04. The first-order chi connectivity index (χ1) is 13.4. The van der Waals surface area contributed by atoms with E-state index in [2.05, 4.69) is 10.6 Å². The number of benzene rings is 1.